The van der Waals surface area contributed by atoms with Gasteiger partial charge in [0.05, 0.1) is 6.67 Å². The molecule has 0 amide bonds. The molecule has 1 atom stereocenters. The molecule has 0 radical (unpaired) electrons. The van der Waals surface area contributed by atoms with E-state index in [0.29, 0.717) is 23.2 Å². The van der Waals surface area contributed by atoms with E-state index in [-0.39, 0.29) is 6.61 Å². The summed E-state index contributed by atoms with van der Waals surface area (Å²) < 4.78 is 4.24. The van der Waals surface area contributed by atoms with Crippen LogP contribution in [0.4, 0.5) is 0 Å². The third kappa shape index (κ3) is 3.29. The average molecular weight is 318 g/mol. The predicted octanol–water partition coefficient (Wildman–Crippen LogP) is 1.97. The van der Waals surface area contributed by atoms with E-state index >= 15 is 0 Å². The summed E-state index contributed by atoms with van der Waals surface area (Å²) in [5.74, 6) is 1.31. The van der Waals surface area contributed by atoms with E-state index in [1.54, 1.807) is 4.57 Å². The van der Waals surface area contributed by atoms with Crippen LogP contribution in [0.5, 0.6) is 0 Å². The fourth-order valence-electron chi connectivity index (χ4n) is 3.11. The average Bonchev–Trinajstić information content (AvgIpc) is 3.08. The summed E-state index contributed by atoms with van der Waals surface area (Å²) >= 11 is 5.38. The highest BCUT2D eigenvalue weighted by Gasteiger charge is 2.23. The number of hydrogen-bond acceptors (Lipinski definition) is 4. The zero-order valence-electron chi connectivity index (χ0n) is 12.9. The second-order valence-corrected chi connectivity index (χ2v) is 6.34. The molecule has 118 valence electrons. The maximum Gasteiger partial charge on any atom is 0.198 e. The number of aliphatic hydroxyl groups excluding tert-OH is 1. The molecule has 5 nitrogen and oxygen atoms in total. The number of likely N-dealkylation sites (tertiary alicyclic amines) is 1. The van der Waals surface area contributed by atoms with Crippen molar-refractivity contribution in [1.82, 2.24) is 19.2 Å². The Morgan fingerprint density at radius 1 is 1.32 bits per heavy atom. The van der Waals surface area contributed by atoms with Crippen LogP contribution in [0.15, 0.2) is 30.3 Å². The smallest absolute Gasteiger partial charge is 0.198 e. The summed E-state index contributed by atoms with van der Waals surface area (Å²) in [6.45, 7) is 2.77. The van der Waals surface area contributed by atoms with Crippen molar-refractivity contribution < 1.29 is 5.11 Å². The zero-order valence-corrected chi connectivity index (χ0v) is 13.7. The Hall–Kier alpha value is -1.50. The van der Waals surface area contributed by atoms with Crippen molar-refractivity contribution in [2.45, 2.75) is 26.1 Å². The Morgan fingerprint density at radius 2 is 2.09 bits per heavy atom. The van der Waals surface area contributed by atoms with Crippen LogP contribution in [0.2, 0.25) is 0 Å². The molecular formula is C16H22N4OS. The van der Waals surface area contributed by atoms with Gasteiger partial charge in [-0.1, -0.05) is 30.3 Å². The van der Waals surface area contributed by atoms with Gasteiger partial charge in [-0.3, -0.25) is 4.90 Å². The first-order valence-corrected chi connectivity index (χ1v) is 8.08. The molecule has 6 heteroatoms. The molecule has 1 unspecified atom stereocenters. The second kappa shape index (κ2) is 6.73. The van der Waals surface area contributed by atoms with Gasteiger partial charge in [0.2, 0.25) is 0 Å². The second-order valence-electron chi connectivity index (χ2n) is 5.98. The largest absolute Gasteiger partial charge is 0.388 e. The van der Waals surface area contributed by atoms with Crippen molar-refractivity contribution in [2.75, 3.05) is 13.1 Å². The zero-order chi connectivity index (χ0) is 15.5. The van der Waals surface area contributed by atoms with Crippen LogP contribution in [0.1, 0.15) is 17.8 Å². The number of hydrogen-bond donors (Lipinski definition) is 1. The van der Waals surface area contributed by atoms with Crippen molar-refractivity contribution in [1.29, 1.82) is 0 Å². The lowest BCUT2D eigenvalue weighted by molar-refractivity contribution is 0.238. The molecule has 1 N–H and O–H groups in total. The number of rotatable bonds is 5. The molecule has 0 saturated carbocycles. The van der Waals surface area contributed by atoms with Gasteiger partial charge in [-0.2, -0.15) is 5.10 Å². The molecule has 1 fully saturated rings. The molecule has 1 aromatic heterocycles. The van der Waals surface area contributed by atoms with E-state index in [4.69, 9.17) is 12.2 Å². The van der Waals surface area contributed by atoms with Crippen molar-refractivity contribution >= 4 is 12.2 Å². The minimum atomic E-state index is -0.0796. The maximum atomic E-state index is 9.27. The Balaban J connectivity index is 1.60. The van der Waals surface area contributed by atoms with Crippen molar-refractivity contribution in [2.24, 2.45) is 13.0 Å². The molecule has 0 aliphatic carbocycles. The van der Waals surface area contributed by atoms with E-state index in [1.807, 2.05) is 11.7 Å². The highest BCUT2D eigenvalue weighted by Crippen LogP contribution is 2.21. The van der Waals surface area contributed by atoms with Gasteiger partial charge in [-0.25, -0.2) is 4.68 Å². The summed E-state index contributed by atoms with van der Waals surface area (Å²) in [7, 11) is 1.85. The molecule has 0 spiro atoms. The SMILES string of the molecule is Cn1c(CO)nn(CN2CCC(Cc3ccccc3)C2)c1=S. The standard InChI is InChI=1S/C16H22N4OS/c1-18-15(11-21)17-20(16(18)22)12-19-8-7-14(10-19)9-13-5-3-2-4-6-13/h2-6,14,21H,7-12H2,1H3. The number of aromatic nitrogens is 3. The molecule has 1 aliphatic rings. The van der Waals surface area contributed by atoms with Crippen LogP contribution in [0.25, 0.3) is 0 Å². The lowest BCUT2D eigenvalue weighted by atomic mass is 9.99. The van der Waals surface area contributed by atoms with Gasteiger partial charge in [0, 0.05) is 20.1 Å². The first-order valence-electron chi connectivity index (χ1n) is 7.67. The van der Waals surface area contributed by atoms with Crippen molar-refractivity contribution in [3.8, 4) is 0 Å². The molecular weight excluding hydrogens is 296 g/mol. The van der Waals surface area contributed by atoms with Gasteiger partial charge in [-0.15, -0.1) is 0 Å². The molecule has 0 bridgehead atoms. The molecule has 1 aliphatic heterocycles. The third-order valence-electron chi connectivity index (χ3n) is 4.34. The van der Waals surface area contributed by atoms with Crippen LogP contribution in [-0.4, -0.2) is 37.4 Å². The summed E-state index contributed by atoms with van der Waals surface area (Å²) in [6.07, 6.45) is 2.34. The highest BCUT2D eigenvalue weighted by atomic mass is 32.1. The lowest BCUT2D eigenvalue weighted by Crippen LogP contribution is -2.25. The van der Waals surface area contributed by atoms with Gasteiger partial charge in [0.25, 0.3) is 0 Å². The molecule has 2 aromatic rings. The van der Waals surface area contributed by atoms with Gasteiger partial charge in [0.15, 0.2) is 10.6 Å². The highest BCUT2D eigenvalue weighted by molar-refractivity contribution is 7.71. The number of benzene rings is 1. The lowest BCUT2D eigenvalue weighted by Gasteiger charge is -2.15. The fourth-order valence-corrected chi connectivity index (χ4v) is 3.31. The topological polar surface area (TPSA) is 46.2 Å². The quantitative estimate of drug-likeness (QED) is 0.856. The van der Waals surface area contributed by atoms with Crippen molar-refractivity contribution in [3.05, 3.63) is 46.5 Å². The van der Waals surface area contributed by atoms with Crippen LogP contribution < -0.4 is 0 Å². The van der Waals surface area contributed by atoms with Gasteiger partial charge < -0.3 is 9.67 Å². The predicted molar refractivity (Wildman–Crippen MR) is 87.8 cm³/mol. The monoisotopic (exact) mass is 318 g/mol. The third-order valence-corrected chi connectivity index (χ3v) is 4.83. The van der Waals surface area contributed by atoms with Gasteiger partial charge in [-0.05, 0) is 36.5 Å². The van der Waals surface area contributed by atoms with E-state index in [2.05, 4.69) is 40.3 Å². The van der Waals surface area contributed by atoms with E-state index < -0.39 is 0 Å². The molecule has 2 heterocycles. The molecule has 1 saturated heterocycles. The maximum absolute atomic E-state index is 9.27. The van der Waals surface area contributed by atoms with Crippen LogP contribution in [0.3, 0.4) is 0 Å². The molecule has 3 rings (SSSR count). The summed E-state index contributed by atoms with van der Waals surface area (Å²) in [5.41, 5.74) is 1.41. The van der Waals surface area contributed by atoms with Crippen LogP contribution in [-0.2, 0) is 26.7 Å². The van der Waals surface area contributed by atoms with Crippen LogP contribution >= 0.6 is 12.2 Å². The number of aliphatic hydroxyl groups is 1. The number of nitrogens with zero attached hydrogens (tertiary/aromatic N) is 4. The van der Waals surface area contributed by atoms with E-state index in [9.17, 15) is 5.11 Å². The minimum absolute atomic E-state index is 0.0796. The summed E-state index contributed by atoms with van der Waals surface area (Å²) in [6, 6.07) is 10.7. The normalized spacial score (nSPS) is 18.9. The minimum Gasteiger partial charge on any atom is -0.388 e. The van der Waals surface area contributed by atoms with Gasteiger partial charge in [0.1, 0.15) is 6.61 Å². The van der Waals surface area contributed by atoms with Crippen LogP contribution in [0, 0.1) is 10.7 Å². The Morgan fingerprint density at radius 3 is 2.77 bits per heavy atom. The van der Waals surface area contributed by atoms with E-state index in [1.165, 1.54) is 12.0 Å². The molecule has 1 aromatic carbocycles. The first kappa shape index (κ1) is 15.4. The Labute approximate surface area is 135 Å². The fraction of sp³-hybridized carbons (Fsp3) is 0.500. The first-order chi connectivity index (χ1) is 10.7. The summed E-state index contributed by atoms with van der Waals surface area (Å²) in [5, 5.41) is 13.7. The Kier molecular flexibility index (Phi) is 4.71. The summed E-state index contributed by atoms with van der Waals surface area (Å²) in [4.78, 5) is 2.39. The van der Waals surface area contributed by atoms with E-state index in [0.717, 1.165) is 19.5 Å². The van der Waals surface area contributed by atoms with Gasteiger partial charge >= 0.3 is 0 Å². The Bertz CT molecular complexity index is 679. The van der Waals surface area contributed by atoms with Crippen molar-refractivity contribution in [3.63, 3.8) is 0 Å². The molecule has 22 heavy (non-hydrogen) atoms.